The normalized spacial score (nSPS) is 16.2. The van der Waals surface area contributed by atoms with Crippen LogP contribution >= 0.6 is 11.8 Å². The molecule has 8 heteroatoms. The Kier molecular flexibility index (Phi) is 6.60. The van der Waals surface area contributed by atoms with Crippen molar-refractivity contribution in [1.82, 2.24) is 14.6 Å². The van der Waals surface area contributed by atoms with E-state index in [1.165, 1.54) is 16.4 Å². The molecular formula is C24H26N4O3S. The summed E-state index contributed by atoms with van der Waals surface area (Å²) in [5.74, 6) is 0.221. The van der Waals surface area contributed by atoms with Crippen LogP contribution in [0.2, 0.25) is 0 Å². The molecule has 0 radical (unpaired) electrons. The molecule has 1 fully saturated rings. The summed E-state index contributed by atoms with van der Waals surface area (Å²) in [5, 5.41) is 0.885. The Morgan fingerprint density at radius 3 is 2.59 bits per heavy atom. The zero-order valence-corrected chi connectivity index (χ0v) is 19.0. The van der Waals surface area contributed by atoms with E-state index in [4.69, 9.17) is 0 Å². The molecule has 4 rings (SSSR count). The van der Waals surface area contributed by atoms with Crippen molar-refractivity contribution in [2.75, 3.05) is 17.7 Å². The number of rotatable bonds is 7. The summed E-state index contributed by atoms with van der Waals surface area (Å²) < 4.78 is 1.24. The van der Waals surface area contributed by atoms with Gasteiger partial charge >= 0.3 is 0 Å². The maximum atomic E-state index is 13.1. The fraction of sp³-hybridized carbons (Fsp3) is 0.333. The molecule has 7 nitrogen and oxygen atoms in total. The lowest BCUT2D eigenvalue weighted by atomic mass is 10.1. The number of nitrogens with zero attached hydrogens (tertiary/aromatic N) is 3. The van der Waals surface area contributed by atoms with Gasteiger partial charge in [-0.05, 0) is 23.6 Å². The van der Waals surface area contributed by atoms with Crippen LogP contribution in [0.15, 0.2) is 64.5 Å². The molecule has 0 saturated carbocycles. The van der Waals surface area contributed by atoms with E-state index in [1.54, 1.807) is 23.1 Å². The number of carbonyl (C=O) groups excluding carboxylic acids is 2. The molecule has 1 aromatic heterocycles. The van der Waals surface area contributed by atoms with Crippen LogP contribution in [0.25, 0.3) is 10.9 Å². The van der Waals surface area contributed by atoms with E-state index in [9.17, 15) is 14.4 Å². The Bertz CT molecular complexity index is 1190. The Labute approximate surface area is 190 Å². The van der Waals surface area contributed by atoms with Gasteiger partial charge in [0, 0.05) is 25.3 Å². The molecular weight excluding hydrogens is 424 g/mol. The molecule has 1 unspecified atom stereocenters. The zero-order valence-electron chi connectivity index (χ0n) is 18.2. The number of benzene rings is 2. The number of nitrogens with one attached hydrogen (secondary N) is 1. The van der Waals surface area contributed by atoms with E-state index in [-0.39, 0.29) is 23.8 Å². The van der Waals surface area contributed by atoms with Gasteiger partial charge in [-0.1, -0.05) is 68.1 Å². The number of hydrogen-bond donors (Lipinski definition) is 1. The largest absolute Gasteiger partial charge is 0.338 e. The van der Waals surface area contributed by atoms with Crippen LogP contribution < -0.4 is 11.0 Å². The first kappa shape index (κ1) is 22.1. The summed E-state index contributed by atoms with van der Waals surface area (Å²) >= 11 is 1.43. The minimum absolute atomic E-state index is 0.0626. The number of likely N-dealkylation sites (tertiary alicyclic amines) is 1. The van der Waals surface area contributed by atoms with Gasteiger partial charge < -0.3 is 4.90 Å². The SMILES string of the molecule is CC(C)CSc1nc2ccccc2c(=O)n1NC(=O)C1CC(=O)N(Cc2ccccc2)C1. The van der Waals surface area contributed by atoms with Gasteiger partial charge in [0.05, 0.1) is 16.8 Å². The van der Waals surface area contributed by atoms with Crippen LogP contribution in [-0.2, 0) is 16.1 Å². The average molecular weight is 451 g/mol. The van der Waals surface area contributed by atoms with Gasteiger partial charge in [0.1, 0.15) is 0 Å². The van der Waals surface area contributed by atoms with E-state index in [1.807, 2.05) is 36.4 Å². The standard InChI is InChI=1S/C24H26N4O3S/c1-16(2)15-32-24-25-20-11-7-6-10-19(20)23(31)28(24)26-22(30)18-12-21(29)27(14-18)13-17-8-4-3-5-9-17/h3-11,16,18H,12-15H2,1-2H3,(H,26,30). The number of hydrogen-bond acceptors (Lipinski definition) is 5. The van der Waals surface area contributed by atoms with Crippen molar-refractivity contribution in [2.45, 2.75) is 32.0 Å². The van der Waals surface area contributed by atoms with Crippen molar-refractivity contribution < 1.29 is 9.59 Å². The van der Waals surface area contributed by atoms with Crippen LogP contribution in [0.3, 0.4) is 0 Å². The zero-order chi connectivity index (χ0) is 22.7. The molecule has 1 aliphatic rings. The Hall–Kier alpha value is -3.13. The molecule has 3 aromatic rings. The van der Waals surface area contributed by atoms with E-state index >= 15 is 0 Å². The van der Waals surface area contributed by atoms with Gasteiger partial charge in [-0.3, -0.25) is 19.8 Å². The van der Waals surface area contributed by atoms with Gasteiger partial charge in [-0.25, -0.2) is 4.98 Å². The monoisotopic (exact) mass is 450 g/mol. The Morgan fingerprint density at radius 2 is 1.84 bits per heavy atom. The summed E-state index contributed by atoms with van der Waals surface area (Å²) in [4.78, 5) is 45.0. The third kappa shape index (κ3) is 4.85. The molecule has 1 aliphatic heterocycles. The van der Waals surface area contributed by atoms with Gasteiger partial charge in [0.15, 0.2) is 5.16 Å². The third-order valence-corrected chi connectivity index (χ3v) is 6.68. The number of fused-ring (bicyclic) bond motifs is 1. The second kappa shape index (κ2) is 9.56. The number of para-hydroxylation sites is 1. The molecule has 0 bridgehead atoms. The van der Waals surface area contributed by atoms with E-state index in [2.05, 4.69) is 24.3 Å². The molecule has 166 valence electrons. The maximum absolute atomic E-state index is 13.1. The van der Waals surface area contributed by atoms with Crippen molar-refractivity contribution in [1.29, 1.82) is 0 Å². The second-order valence-electron chi connectivity index (χ2n) is 8.39. The summed E-state index contributed by atoms with van der Waals surface area (Å²) in [5.41, 5.74) is 4.04. The van der Waals surface area contributed by atoms with Crippen LogP contribution in [-0.4, -0.2) is 38.7 Å². The number of amides is 2. The number of thioether (sulfide) groups is 1. The Morgan fingerprint density at radius 1 is 1.12 bits per heavy atom. The number of carbonyl (C=O) groups is 2. The van der Waals surface area contributed by atoms with Crippen LogP contribution in [0.4, 0.5) is 0 Å². The summed E-state index contributed by atoms with van der Waals surface area (Å²) in [6.07, 6.45) is 0.128. The lowest BCUT2D eigenvalue weighted by molar-refractivity contribution is -0.128. The smallest absolute Gasteiger partial charge is 0.281 e. The first-order valence-corrected chi connectivity index (χ1v) is 11.7. The van der Waals surface area contributed by atoms with Gasteiger partial charge in [0.2, 0.25) is 11.8 Å². The molecule has 32 heavy (non-hydrogen) atoms. The number of aromatic nitrogens is 2. The fourth-order valence-electron chi connectivity index (χ4n) is 3.65. The highest BCUT2D eigenvalue weighted by molar-refractivity contribution is 7.99. The van der Waals surface area contributed by atoms with Crippen LogP contribution in [0, 0.1) is 11.8 Å². The molecule has 2 heterocycles. The highest BCUT2D eigenvalue weighted by atomic mass is 32.2. The Balaban J connectivity index is 1.55. The minimum Gasteiger partial charge on any atom is -0.338 e. The van der Waals surface area contributed by atoms with E-state index in [0.29, 0.717) is 35.1 Å². The van der Waals surface area contributed by atoms with Gasteiger partial charge in [0.25, 0.3) is 5.56 Å². The predicted molar refractivity (Wildman–Crippen MR) is 126 cm³/mol. The highest BCUT2D eigenvalue weighted by Crippen LogP contribution is 2.22. The molecule has 2 aromatic carbocycles. The van der Waals surface area contributed by atoms with Gasteiger partial charge in [-0.15, -0.1) is 0 Å². The third-order valence-electron chi connectivity index (χ3n) is 5.31. The van der Waals surface area contributed by atoms with Gasteiger partial charge in [-0.2, -0.15) is 4.68 Å². The molecule has 0 aliphatic carbocycles. The van der Waals surface area contributed by atoms with Crippen molar-refractivity contribution in [3.8, 4) is 0 Å². The molecule has 1 saturated heterocycles. The molecule has 1 N–H and O–H groups in total. The molecule has 1 atom stereocenters. The first-order valence-electron chi connectivity index (χ1n) is 10.7. The lowest BCUT2D eigenvalue weighted by Crippen LogP contribution is -2.39. The van der Waals surface area contributed by atoms with Crippen LogP contribution in [0.5, 0.6) is 0 Å². The second-order valence-corrected chi connectivity index (χ2v) is 9.38. The van der Waals surface area contributed by atoms with Crippen molar-refractivity contribution in [3.05, 3.63) is 70.5 Å². The summed E-state index contributed by atoms with van der Waals surface area (Å²) in [6, 6.07) is 16.8. The van der Waals surface area contributed by atoms with E-state index in [0.717, 1.165) is 11.3 Å². The topological polar surface area (TPSA) is 84.3 Å². The van der Waals surface area contributed by atoms with E-state index < -0.39 is 5.92 Å². The van der Waals surface area contributed by atoms with Crippen molar-refractivity contribution in [3.63, 3.8) is 0 Å². The summed E-state index contributed by atoms with van der Waals surface area (Å²) in [7, 11) is 0. The first-order chi connectivity index (χ1) is 15.4. The van der Waals surface area contributed by atoms with Crippen molar-refractivity contribution in [2.24, 2.45) is 11.8 Å². The lowest BCUT2D eigenvalue weighted by Gasteiger charge is -2.18. The predicted octanol–water partition coefficient (Wildman–Crippen LogP) is 3.26. The average Bonchev–Trinajstić information content (AvgIpc) is 3.15. The highest BCUT2D eigenvalue weighted by Gasteiger charge is 2.34. The summed E-state index contributed by atoms with van der Waals surface area (Å²) in [6.45, 7) is 4.96. The molecule has 2 amide bonds. The van der Waals surface area contributed by atoms with Crippen LogP contribution in [0.1, 0.15) is 25.8 Å². The fourth-order valence-corrected chi connectivity index (χ4v) is 4.56. The quantitative estimate of drug-likeness (QED) is 0.441. The molecule has 0 spiro atoms. The van der Waals surface area contributed by atoms with Crippen molar-refractivity contribution >= 4 is 34.5 Å². The minimum atomic E-state index is -0.521. The maximum Gasteiger partial charge on any atom is 0.281 e.